The molecule has 1 unspecified atom stereocenters. The Morgan fingerprint density at radius 2 is 2.14 bits per heavy atom. The number of benzene rings is 1. The fourth-order valence-electron chi connectivity index (χ4n) is 2.70. The van der Waals surface area contributed by atoms with Gasteiger partial charge in [-0.15, -0.1) is 0 Å². The van der Waals surface area contributed by atoms with Crippen LogP contribution in [0.15, 0.2) is 18.2 Å². The first-order valence-corrected chi connectivity index (χ1v) is 7.56. The number of carbonyl (C=O) groups is 1. The Morgan fingerprint density at radius 1 is 1.38 bits per heavy atom. The van der Waals surface area contributed by atoms with Crippen LogP contribution >= 0.6 is 0 Å². The Bertz CT molecular complexity index is 515. The number of hydrogen-bond acceptors (Lipinski definition) is 3. The fourth-order valence-corrected chi connectivity index (χ4v) is 2.70. The van der Waals surface area contributed by atoms with E-state index in [4.69, 9.17) is 4.74 Å². The van der Waals surface area contributed by atoms with Crippen molar-refractivity contribution >= 4 is 5.97 Å². The maximum absolute atomic E-state index is 11.2. The van der Waals surface area contributed by atoms with Crippen LogP contribution in [-0.2, 0) is 4.79 Å². The zero-order chi connectivity index (χ0) is 15.5. The molecule has 1 atom stereocenters. The van der Waals surface area contributed by atoms with Gasteiger partial charge in [0.2, 0.25) is 0 Å². The zero-order valence-corrected chi connectivity index (χ0v) is 13.2. The summed E-state index contributed by atoms with van der Waals surface area (Å²) in [5, 5.41) is 9.21. The summed E-state index contributed by atoms with van der Waals surface area (Å²) >= 11 is 0. The van der Waals surface area contributed by atoms with Crippen molar-refractivity contribution < 1.29 is 14.6 Å². The fraction of sp³-hybridized carbons (Fsp3) is 0.588. The lowest BCUT2D eigenvalue weighted by atomic mass is 9.90. The van der Waals surface area contributed by atoms with Crippen molar-refractivity contribution in [2.45, 2.75) is 33.6 Å². The summed E-state index contributed by atoms with van der Waals surface area (Å²) in [6.45, 7) is 9.08. The molecule has 1 N–H and O–H groups in total. The van der Waals surface area contributed by atoms with E-state index in [-0.39, 0.29) is 0 Å². The van der Waals surface area contributed by atoms with E-state index in [9.17, 15) is 9.90 Å². The van der Waals surface area contributed by atoms with Gasteiger partial charge < -0.3 is 14.7 Å². The van der Waals surface area contributed by atoms with Crippen molar-refractivity contribution in [1.82, 2.24) is 4.90 Å². The molecule has 1 heterocycles. The van der Waals surface area contributed by atoms with Crippen molar-refractivity contribution in [3.63, 3.8) is 0 Å². The van der Waals surface area contributed by atoms with E-state index in [1.54, 1.807) is 0 Å². The van der Waals surface area contributed by atoms with Crippen LogP contribution < -0.4 is 4.74 Å². The third kappa shape index (κ3) is 3.97. The number of aryl methyl sites for hydroxylation is 2. The van der Waals surface area contributed by atoms with Crippen molar-refractivity contribution in [3.8, 4) is 5.75 Å². The average molecular weight is 291 g/mol. The van der Waals surface area contributed by atoms with Crippen LogP contribution in [0.4, 0.5) is 0 Å². The summed E-state index contributed by atoms with van der Waals surface area (Å²) < 4.78 is 5.76. The summed E-state index contributed by atoms with van der Waals surface area (Å²) in [5.41, 5.74) is 1.94. The lowest BCUT2D eigenvalue weighted by Gasteiger charge is -2.20. The van der Waals surface area contributed by atoms with E-state index in [0.717, 1.165) is 31.7 Å². The summed E-state index contributed by atoms with van der Waals surface area (Å²) in [5.74, 6) is 0.228. The van der Waals surface area contributed by atoms with Crippen molar-refractivity contribution in [1.29, 1.82) is 0 Å². The largest absolute Gasteiger partial charge is 0.494 e. The quantitative estimate of drug-likeness (QED) is 0.819. The first-order valence-electron chi connectivity index (χ1n) is 7.56. The van der Waals surface area contributed by atoms with Gasteiger partial charge in [-0.25, -0.2) is 0 Å². The number of likely N-dealkylation sites (tertiary alicyclic amines) is 1. The second kappa shape index (κ2) is 6.48. The van der Waals surface area contributed by atoms with Gasteiger partial charge in [0.05, 0.1) is 12.0 Å². The van der Waals surface area contributed by atoms with Gasteiger partial charge in [0, 0.05) is 13.1 Å². The molecule has 0 saturated carbocycles. The number of carboxylic acids is 1. The van der Waals surface area contributed by atoms with Gasteiger partial charge >= 0.3 is 5.97 Å². The average Bonchev–Trinajstić information content (AvgIpc) is 2.82. The smallest absolute Gasteiger partial charge is 0.310 e. The lowest BCUT2D eigenvalue weighted by molar-refractivity contribution is -0.147. The van der Waals surface area contributed by atoms with Gasteiger partial charge in [-0.3, -0.25) is 4.79 Å². The Labute approximate surface area is 126 Å². The Balaban J connectivity index is 1.71. The second-order valence-electron chi connectivity index (χ2n) is 6.34. The van der Waals surface area contributed by atoms with Gasteiger partial charge in [0.1, 0.15) is 5.75 Å². The molecule has 1 saturated heterocycles. The molecular weight excluding hydrogens is 266 g/mol. The van der Waals surface area contributed by atoms with Gasteiger partial charge in [0.25, 0.3) is 0 Å². The van der Waals surface area contributed by atoms with Crippen molar-refractivity contribution in [3.05, 3.63) is 29.3 Å². The van der Waals surface area contributed by atoms with Crippen LogP contribution in [0.5, 0.6) is 5.75 Å². The van der Waals surface area contributed by atoms with Crippen LogP contribution in [0.1, 0.15) is 30.9 Å². The van der Waals surface area contributed by atoms with Crippen molar-refractivity contribution in [2.24, 2.45) is 5.41 Å². The normalized spacial score (nSPS) is 22.4. The molecule has 0 bridgehead atoms. The minimum atomic E-state index is -0.684. The number of hydrogen-bond donors (Lipinski definition) is 1. The molecule has 1 aliphatic heterocycles. The van der Waals surface area contributed by atoms with Gasteiger partial charge in [-0.1, -0.05) is 6.07 Å². The first kappa shape index (κ1) is 15.8. The number of nitrogens with zero attached hydrogens (tertiary/aromatic N) is 1. The van der Waals surface area contributed by atoms with Gasteiger partial charge in [-0.2, -0.15) is 0 Å². The minimum Gasteiger partial charge on any atom is -0.494 e. The van der Waals surface area contributed by atoms with Crippen LogP contribution in [0.2, 0.25) is 0 Å². The number of ether oxygens (including phenoxy) is 1. The summed E-state index contributed by atoms with van der Waals surface area (Å²) in [6.07, 6.45) is 1.66. The van der Waals surface area contributed by atoms with Crippen LogP contribution in [-0.4, -0.2) is 42.2 Å². The molecule has 1 aromatic carbocycles. The first-order chi connectivity index (χ1) is 9.90. The van der Waals surface area contributed by atoms with E-state index in [1.807, 2.05) is 13.0 Å². The molecule has 4 nitrogen and oxygen atoms in total. The topological polar surface area (TPSA) is 49.8 Å². The highest BCUT2D eigenvalue weighted by Crippen LogP contribution is 2.30. The third-order valence-corrected chi connectivity index (χ3v) is 4.43. The maximum Gasteiger partial charge on any atom is 0.310 e. The molecule has 116 valence electrons. The monoisotopic (exact) mass is 291 g/mol. The maximum atomic E-state index is 11.2. The molecule has 0 spiro atoms. The number of carboxylic acid groups (broad SMARTS) is 1. The molecule has 0 aliphatic carbocycles. The Hall–Kier alpha value is -1.55. The van der Waals surface area contributed by atoms with Gasteiger partial charge in [-0.05, 0) is 63.4 Å². The highest BCUT2D eigenvalue weighted by Gasteiger charge is 2.39. The van der Waals surface area contributed by atoms with Crippen LogP contribution in [0.25, 0.3) is 0 Å². The standard InChI is InChI=1S/C17H25NO3/c1-13-5-6-15(11-14(13)2)21-10-4-8-18-9-7-17(3,12-18)16(19)20/h5-6,11H,4,7-10,12H2,1-3H3,(H,19,20). The Kier molecular flexibility index (Phi) is 4.88. The number of rotatable bonds is 6. The van der Waals surface area contributed by atoms with E-state index >= 15 is 0 Å². The van der Waals surface area contributed by atoms with Crippen LogP contribution in [0.3, 0.4) is 0 Å². The predicted octanol–water partition coefficient (Wildman–Crippen LogP) is 2.87. The van der Waals surface area contributed by atoms with Gasteiger partial charge in [0.15, 0.2) is 0 Å². The second-order valence-corrected chi connectivity index (χ2v) is 6.34. The minimum absolute atomic E-state index is 0.574. The van der Waals surface area contributed by atoms with E-state index in [1.165, 1.54) is 11.1 Å². The molecule has 21 heavy (non-hydrogen) atoms. The molecule has 1 aliphatic rings. The summed E-state index contributed by atoms with van der Waals surface area (Å²) in [4.78, 5) is 13.4. The van der Waals surface area contributed by atoms with E-state index < -0.39 is 11.4 Å². The lowest BCUT2D eigenvalue weighted by Crippen LogP contribution is -2.32. The van der Waals surface area contributed by atoms with E-state index in [2.05, 4.69) is 30.9 Å². The molecular formula is C17H25NO3. The molecule has 0 aromatic heterocycles. The predicted molar refractivity (Wildman–Crippen MR) is 82.8 cm³/mol. The van der Waals surface area contributed by atoms with Crippen LogP contribution in [0, 0.1) is 19.3 Å². The zero-order valence-electron chi connectivity index (χ0n) is 13.2. The highest BCUT2D eigenvalue weighted by atomic mass is 16.5. The molecule has 4 heteroatoms. The molecule has 1 fully saturated rings. The third-order valence-electron chi connectivity index (χ3n) is 4.43. The molecule has 1 aromatic rings. The number of aliphatic carboxylic acids is 1. The van der Waals surface area contributed by atoms with Crippen molar-refractivity contribution in [2.75, 3.05) is 26.2 Å². The summed E-state index contributed by atoms with van der Waals surface area (Å²) in [6, 6.07) is 6.13. The molecule has 0 radical (unpaired) electrons. The highest BCUT2D eigenvalue weighted by molar-refractivity contribution is 5.74. The molecule has 0 amide bonds. The summed E-state index contributed by atoms with van der Waals surface area (Å²) in [7, 11) is 0. The Morgan fingerprint density at radius 3 is 2.76 bits per heavy atom. The van der Waals surface area contributed by atoms with E-state index in [0.29, 0.717) is 13.2 Å². The molecule has 2 rings (SSSR count). The SMILES string of the molecule is Cc1ccc(OCCCN2CCC(C)(C(=O)O)C2)cc1C.